The van der Waals surface area contributed by atoms with E-state index in [-0.39, 0.29) is 5.82 Å². The van der Waals surface area contributed by atoms with Crippen molar-refractivity contribution in [3.05, 3.63) is 59.4 Å². The maximum atomic E-state index is 13.1. The van der Waals surface area contributed by atoms with Crippen LogP contribution in [-0.4, -0.2) is 12.6 Å². The fourth-order valence-electron chi connectivity index (χ4n) is 1.90. The molecular weight excluding hydrogens is 271 g/mol. The molecule has 0 bridgehead atoms. The number of nitrogen functional groups attached to an aromatic ring is 1. The van der Waals surface area contributed by atoms with Crippen LogP contribution in [0.4, 0.5) is 15.8 Å². The lowest BCUT2D eigenvalue weighted by Crippen LogP contribution is -2.09. The van der Waals surface area contributed by atoms with E-state index in [1.807, 2.05) is 6.07 Å². The number of ether oxygens (including phenoxy) is 1. The second-order valence-electron chi connectivity index (χ2n) is 4.51. The van der Waals surface area contributed by atoms with Gasteiger partial charge in [0.15, 0.2) is 0 Å². The Morgan fingerprint density at radius 3 is 2.81 bits per heavy atom. The van der Waals surface area contributed by atoms with Crippen molar-refractivity contribution < 1.29 is 13.9 Å². The lowest BCUT2D eigenvalue weighted by molar-refractivity contribution is 0.0527. The molecule has 5 heteroatoms. The molecule has 0 amide bonds. The third kappa shape index (κ3) is 3.95. The second-order valence-corrected chi connectivity index (χ2v) is 4.51. The van der Waals surface area contributed by atoms with Crippen molar-refractivity contribution in [3.8, 4) is 0 Å². The van der Waals surface area contributed by atoms with Gasteiger partial charge < -0.3 is 15.8 Å². The van der Waals surface area contributed by atoms with Gasteiger partial charge in [-0.3, -0.25) is 0 Å². The van der Waals surface area contributed by atoms with Gasteiger partial charge in [0.05, 0.1) is 12.2 Å². The number of nitrogens with one attached hydrogen (secondary N) is 1. The van der Waals surface area contributed by atoms with Gasteiger partial charge in [-0.25, -0.2) is 9.18 Å². The minimum atomic E-state index is -0.454. The molecule has 0 spiro atoms. The van der Waals surface area contributed by atoms with Gasteiger partial charge in [-0.05, 0) is 42.8 Å². The van der Waals surface area contributed by atoms with Crippen LogP contribution in [0.25, 0.3) is 0 Å². The summed E-state index contributed by atoms with van der Waals surface area (Å²) in [7, 11) is 0. The molecule has 0 unspecified atom stereocenters. The summed E-state index contributed by atoms with van der Waals surface area (Å²) in [6, 6.07) is 11.4. The normalized spacial score (nSPS) is 10.2. The van der Waals surface area contributed by atoms with Crippen LogP contribution in [0.1, 0.15) is 22.8 Å². The van der Waals surface area contributed by atoms with E-state index in [9.17, 15) is 9.18 Å². The van der Waals surface area contributed by atoms with E-state index < -0.39 is 5.97 Å². The molecule has 0 aromatic heterocycles. The van der Waals surface area contributed by atoms with Gasteiger partial charge in [-0.15, -0.1) is 0 Å². The van der Waals surface area contributed by atoms with E-state index >= 15 is 0 Å². The zero-order valence-corrected chi connectivity index (χ0v) is 11.7. The molecule has 3 N–H and O–H groups in total. The Labute approximate surface area is 122 Å². The van der Waals surface area contributed by atoms with Crippen molar-refractivity contribution in [2.75, 3.05) is 17.7 Å². The van der Waals surface area contributed by atoms with E-state index in [1.165, 1.54) is 12.1 Å². The second kappa shape index (κ2) is 6.74. The molecule has 2 aromatic rings. The molecule has 0 atom stereocenters. The quantitative estimate of drug-likeness (QED) is 0.655. The lowest BCUT2D eigenvalue weighted by atomic mass is 10.1. The van der Waals surface area contributed by atoms with Crippen LogP contribution in [0, 0.1) is 5.82 Å². The number of halogens is 1. The third-order valence-electron chi connectivity index (χ3n) is 2.93. The molecule has 0 saturated heterocycles. The Kier molecular flexibility index (Phi) is 4.77. The van der Waals surface area contributed by atoms with Gasteiger partial charge in [0.1, 0.15) is 5.82 Å². The van der Waals surface area contributed by atoms with E-state index in [0.717, 1.165) is 11.3 Å². The number of hydrogen-bond donors (Lipinski definition) is 2. The van der Waals surface area contributed by atoms with Crippen molar-refractivity contribution >= 4 is 17.3 Å². The smallest absolute Gasteiger partial charge is 0.340 e. The van der Waals surface area contributed by atoms with Gasteiger partial charge in [0.25, 0.3) is 0 Å². The van der Waals surface area contributed by atoms with Crippen molar-refractivity contribution in [1.82, 2.24) is 0 Å². The van der Waals surface area contributed by atoms with Crippen LogP contribution in [0.15, 0.2) is 42.5 Å². The molecule has 2 aromatic carbocycles. The average molecular weight is 288 g/mol. The summed E-state index contributed by atoms with van der Waals surface area (Å²) in [4.78, 5) is 11.8. The number of carbonyl (C=O) groups excluding carboxylic acids is 1. The summed E-state index contributed by atoms with van der Waals surface area (Å²) in [5, 5.41) is 3.12. The molecular formula is C16H17FN2O2. The molecule has 0 aliphatic carbocycles. The number of carbonyl (C=O) groups is 1. The van der Waals surface area contributed by atoms with Crippen molar-refractivity contribution in [2.45, 2.75) is 13.5 Å². The summed E-state index contributed by atoms with van der Waals surface area (Å²) in [5.41, 5.74) is 7.98. The minimum absolute atomic E-state index is 0.279. The van der Waals surface area contributed by atoms with Crippen LogP contribution >= 0.6 is 0 Å². The lowest BCUT2D eigenvalue weighted by Gasteiger charge is -2.10. The largest absolute Gasteiger partial charge is 0.462 e. The van der Waals surface area contributed by atoms with E-state index in [0.29, 0.717) is 24.4 Å². The van der Waals surface area contributed by atoms with Crippen LogP contribution in [0.3, 0.4) is 0 Å². The number of hydrogen-bond acceptors (Lipinski definition) is 4. The molecule has 0 radical (unpaired) electrons. The number of rotatable bonds is 5. The highest BCUT2D eigenvalue weighted by atomic mass is 19.1. The van der Waals surface area contributed by atoms with E-state index in [2.05, 4.69) is 5.32 Å². The zero-order valence-electron chi connectivity index (χ0n) is 11.7. The van der Waals surface area contributed by atoms with Gasteiger partial charge in [-0.1, -0.05) is 12.1 Å². The van der Waals surface area contributed by atoms with Crippen LogP contribution in [0.2, 0.25) is 0 Å². The highest BCUT2D eigenvalue weighted by molar-refractivity contribution is 5.96. The Morgan fingerprint density at radius 2 is 2.10 bits per heavy atom. The van der Waals surface area contributed by atoms with Crippen molar-refractivity contribution in [3.63, 3.8) is 0 Å². The van der Waals surface area contributed by atoms with Crippen LogP contribution in [-0.2, 0) is 11.3 Å². The van der Waals surface area contributed by atoms with E-state index in [1.54, 1.807) is 31.2 Å². The van der Waals surface area contributed by atoms with Gasteiger partial charge in [0.2, 0.25) is 0 Å². The third-order valence-corrected chi connectivity index (χ3v) is 2.93. The Bertz CT molecular complexity index is 644. The summed E-state index contributed by atoms with van der Waals surface area (Å²) in [6.07, 6.45) is 0. The summed E-state index contributed by atoms with van der Waals surface area (Å²) >= 11 is 0. The van der Waals surface area contributed by atoms with Crippen molar-refractivity contribution in [2.24, 2.45) is 0 Å². The molecule has 0 fully saturated rings. The molecule has 110 valence electrons. The maximum absolute atomic E-state index is 13.1. The van der Waals surface area contributed by atoms with Crippen molar-refractivity contribution in [1.29, 1.82) is 0 Å². The minimum Gasteiger partial charge on any atom is -0.462 e. The average Bonchev–Trinajstić information content (AvgIpc) is 2.46. The Hall–Kier alpha value is -2.56. The molecule has 4 nitrogen and oxygen atoms in total. The molecule has 0 heterocycles. The highest BCUT2D eigenvalue weighted by Crippen LogP contribution is 2.19. The topological polar surface area (TPSA) is 64.3 Å². The van der Waals surface area contributed by atoms with Crippen LogP contribution < -0.4 is 11.1 Å². The van der Waals surface area contributed by atoms with E-state index in [4.69, 9.17) is 10.5 Å². The Morgan fingerprint density at radius 1 is 1.29 bits per heavy atom. The van der Waals surface area contributed by atoms with Gasteiger partial charge in [-0.2, -0.15) is 0 Å². The molecule has 2 rings (SSSR count). The molecule has 0 saturated carbocycles. The summed E-state index contributed by atoms with van der Waals surface area (Å²) in [5.74, 6) is -0.733. The first-order valence-corrected chi connectivity index (χ1v) is 6.65. The fourth-order valence-corrected chi connectivity index (χ4v) is 1.90. The highest BCUT2D eigenvalue weighted by Gasteiger charge is 2.11. The number of benzene rings is 2. The maximum Gasteiger partial charge on any atom is 0.340 e. The molecule has 21 heavy (non-hydrogen) atoms. The summed E-state index contributed by atoms with van der Waals surface area (Å²) < 4.78 is 18.0. The summed E-state index contributed by atoms with van der Waals surface area (Å²) in [6.45, 7) is 2.48. The van der Waals surface area contributed by atoms with Crippen LogP contribution in [0.5, 0.6) is 0 Å². The molecule has 0 aliphatic rings. The first-order chi connectivity index (χ1) is 10.1. The SMILES string of the molecule is CCOC(=O)c1cc(NCc2cccc(F)c2)ccc1N. The Balaban J connectivity index is 2.10. The first kappa shape index (κ1) is 14.8. The predicted octanol–water partition coefficient (Wildman–Crippen LogP) is 3.20. The molecule has 0 aliphatic heterocycles. The number of esters is 1. The number of nitrogens with two attached hydrogens (primary N) is 1. The standard InChI is InChI=1S/C16H17FN2O2/c1-2-21-16(20)14-9-13(6-7-15(14)18)19-10-11-4-3-5-12(17)8-11/h3-9,19H,2,10,18H2,1H3. The van der Waals surface area contributed by atoms with Gasteiger partial charge in [0, 0.05) is 17.9 Å². The zero-order chi connectivity index (χ0) is 15.2. The first-order valence-electron chi connectivity index (χ1n) is 6.65. The number of anilines is 2. The monoisotopic (exact) mass is 288 g/mol. The van der Waals surface area contributed by atoms with Gasteiger partial charge >= 0.3 is 5.97 Å². The fraction of sp³-hybridized carbons (Fsp3) is 0.188. The predicted molar refractivity (Wildman–Crippen MR) is 80.5 cm³/mol.